The van der Waals surface area contributed by atoms with Crippen LogP contribution in [0, 0.1) is 6.92 Å². The molecule has 1 atom stereocenters. The molecule has 1 aromatic carbocycles. The zero-order chi connectivity index (χ0) is 13.1. The first kappa shape index (κ1) is 13.3. The predicted octanol–water partition coefficient (Wildman–Crippen LogP) is 3.97. The molecule has 2 rings (SSSR count). The molecule has 1 heterocycles. The summed E-state index contributed by atoms with van der Waals surface area (Å²) in [6.07, 6.45) is 1.45. The summed E-state index contributed by atoms with van der Waals surface area (Å²) in [5, 5.41) is 11.3. The molecule has 4 heteroatoms. The van der Waals surface area contributed by atoms with Crippen LogP contribution in [0.15, 0.2) is 36.5 Å². The molecule has 1 aromatic heterocycles. The third-order valence-corrected chi connectivity index (χ3v) is 3.29. The van der Waals surface area contributed by atoms with Crippen LogP contribution in [0.1, 0.15) is 22.9 Å². The van der Waals surface area contributed by atoms with Crippen LogP contribution in [0.25, 0.3) is 0 Å². The largest absolute Gasteiger partial charge is 0.386 e. The Labute approximate surface area is 116 Å². The van der Waals surface area contributed by atoms with Crippen LogP contribution in [0.4, 0.5) is 0 Å². The Bertz CT molecular complexity index is 557. The molecule has 1 N–H and O–H groups in total. The minimum atomic E-state index is -0.663. The van der Waals surface area contributed by atoms with E-state index in [0.29, 0.717) is 22.2 Å². The zero-order valence-corrected chi connectivity index (χ0v) is 11.4. The Kier molecular flexibility index (Phi) is 4.23. The second-order valence-electron chi connectivity index (χ2n) is 4.21. The highest BCUT2D eigenvalue weighted by atomic mass is 35.5. The lowest BCUT2D eigenvalue weighted by Gasteiger charge is -2.12. The molecule has 0 aliphatic rings. The number of aryl methyl sites for hydroxylation is 1. The maximum absolute atomic E-state index is 10.1. The third-order valence-electron chi connectivity index (χ3n) is 2.71. The van der Waals surface area contributed by atoms with Gasteiger partial charge in [0.15, 0.2) is 0 Å². The first-order valence-electron chi connectivity index (χ1n) is 5.61. The van der Waals surface area contributed by atoms with Crippen LogP contribution in [-0.4, -0.2) is 10.1 Å². The highest BCUT2D eigenvalue weighted by Gasteiger charge is 2.12. The molecule has 0 spiro atoms. The molecule has 0 amide bonds. The Morgan fingerprint density at radius 2 is 2.00 bits per heavy atom. The summed E-state index contributed by atoms with van der Waals surface area (Å²) in [7, 11) is 0. The van der Waals surface area contributed by atoms with Gasteiger partial charge in [-0.1, -0.05) is 29.3 Å². The summed E-state index contributed by atoms with van der Waals surface area (Å²) in [4.78, 5) is 4.16. The van der Waals surface area contributed by atoms with Gasteiger partial charge < -0.3 is 5.11 Å². The van der Waals surface area contributed by atoms with Crippen molar-refractivity contribution in [1.82, 2.24) is 4.98 Å². The molecular formula is C14H13Cl2NO. The number of halogens is 2. The van der Waals surface area contributed by atoms with Crippen molar-refractivity contribution in [2.24, 2.45) is 0 Å². The molecule has 0 saturated carbocycles. The SMILES string of the molecule is Cc1ccnc(C(O)Cc2ccc(Cl)cc2Cl)c1. The standard InChI is InChI=1S/C14H13Cl2NO/c1-9-4-5-17-13(6-9)14(18)7-10-2-3-11(15)8-12(10)16/h2-6,8,14,18H,7H2,1H3. The molecule has 1 unspecified atom stereocenters. The molecular weight excluding hydrogens is 269 g/mol. The Hall–Kier alpha value is -1.09. The number of hydrogen-bond acceptors (Lipinski definition) is 2. The molecule has 2 aromatic rings. The van der Waals surface area contributed by atoms with E-state index >= 15 is 0 Å². The highest BCUT2D eigenvalue weighted by molar-refractivity contribution is 6.35. The van der Waals surface area contributed by atoms with Crippen molar-refractivity contribution in [3.05, 3.63) is 63.4 Å². The average molecular weight is 282 g/mol. The maximum Gasteiger partial charge on any atom is 0.100 e. The van der Waals surface area contributed by atoms with Gasteiger partial charge in [-0.3, -0.25) is 4.98 Å². The second-order valence-corrected chi connectivity index (χ2v) is 5.06. The topological polar surface area (TPSA) is 33.1 Å². The average Bonchev–Trinajstić information content (AvgIpc) is 2.32. The molecule has 0 aliphatic heterocycles. The fraction of sp³-hybridized carbons (Fsp3) is 0.214. The van der Waals surface area contributed by atoms with Gasteiger partial charge in [0.25, 0.3) is 0 Å². The fourth-order valence-electron chi connectivity index (χ4n) is 1.74. The van der Waals surface area contributed by atoms with Gasteiger partial charge in [0.2, 0.25) is 0 Å². The van der Waals surface area contributed by atoms with Crippen LogP contribution in [0.2, 0.25) is 10.0 Å². The van der Waals surface area contributed by atoms with E-state index in [2.05, 4.69) is 4.98 Å². The van der Waals surface area contributed by atoms with Crippen molar-refractivity contribution in [2.45, 2.75) is 19.4 Å². The van der Waals surface area contributed by atoms with Crippen molar-refractivity contribution >= 4 is 23.2 Å². The number of aromatic nitrogens is 1. The fourth-order valence-corrected chi connectivity index (χ4v) is 2.23. The van der Waals surface area contributed by atoms with Gasteiger partial charge in [-0.2, -0.15) is 0 Å². The minimum Gasteiger partial charge on any atom is -0.386 e. The Morgan fingerprint density at radius 1 is 1.22 bits per heavy atom. The van der Waals surface area contributed by atoms with E-state index in [4.69, 9.17) is 23.2 Å². The number of benzene rings is 1. The molecule has 0 bridgehead atoms. The first-order valence-corrected chi connectivity index (χ1v) is 6.36. The summed E-state index contributed by atoms with van der Waals surface area (Å²) in [5.74, 6) is 0. The summed E-state index contributed by atoms with van der Waals surface area (Å²) >= 11 is 11.9. The number of aliphatic hydroxyl groups is 1. The van der Waals surface area contributed by atoms with Crippen LogP contribution < -0.4 is 0 Å². The quantitative estimate of drug-likeness (QED) is 0.923. The molecule has 94 valence electrons. The molecule has 18 heavy (non-hydrogen) atoms. The van der Waals surface area contributed by atoms with E-state index < -0.39 is 6.10 Å². The van der Waals surface area contributed by atoms with E-state index in [1.54, 1.807) is 18.3 Å². The number of hydrogen-bond donors (Lipinski definition) is 1. The monoisotopic (exact) mass is 281 g/mol. The lowest BCUT2D eigenvalue weighted by molar-refractivity contribution is 0.173. The highest BCUT2D eigenvalue weighted by Crippen LogP contribution is 2.25. The van der Waals surface area contributed by atoms with E-state index in [1.165, 1.54) is 0 Å². The van der Waals surface area contributed by atoms with Gasteiger partial charge in [-0.05, 0) is 42.3 Å². The van der Waals surface area contributed by atoms with Gasteiger partial charge in [-0.25, -0.2) is 0 Å². The predicted molar refractivity (Wildman–Crippen MR) is 74.1 cm³/mol. The van der Waals surface area contributed by atoms with Crippen LogP contribution in [0.3, 0.4) is 0 Å². The summed E-state index contributed by atoms with van der Waals surface area (Å²) in [5.41, 5.74) is 2.58. The third kappa shape index (κ3) is 3.22. The molecule has 0 radical (unpaired) electrons. The lowest BCUT2D eigenvalue weighted by atomic mass is 10.0. The van der Waals surface area contributed by atoms with E-state index in [9.17, 15) is 5.11 Å². The van der Waals surface area contributed by atoms with Gasteiger partial charge >= 0.3 is 0 Å². The first-order chi connectivity index (χ1) is 8.56. The van der Waals surface area contributed by atoms with E-state index in [0.717, 1.165) is 11.1 Å². The summed E-state index contributed by atoms with van der Waals surface area (Å²) < 4.78 is 0. The van der Waals surface area contributed by atoms with Crippen molar-refractivity contribution in [2.75, 3.05) is 0 Å². The number of rotatable bonds is 3. The van der Waals surface area contributed by atoms with Crippen molar-refractivity contribution in [1.29, 1.82) is 0 Å². The van der Waals surface area contributed by atoms with Gasteiger partial charge in [0.05, 0.1) is 5.69 Å². The van der Waals surface area contributed by atoms with Crippen LogP contribution in [0.5, 0.6) is 0 Å². The Morgan fingerprint density at radius 3 is 2.67 bits per heavy atom. The second kappa shape index (κ2) is 5.70. The number of aliphatic hydroxyl groups excluding tert-OH is 1. The molecule has 0 aliphatic carbocycles. The van der Waals surface area contributed by atoms with Crippen molar-refractivity contribution < 1.29 is 5.11 Å². The Balaban J connectivity index is 2.18. The lowest BCUT2D eigenvalue weighted by Crippen LogP contribution is -2.04. The molecule has 0 saturated heterocycles. The summed E-state index contributed by atoms with van der Waals surface area (Å²) in [6, 6.07) is 9.03. The smallest absolute Gasteiger partial charge is 0.100 e. The number of nitrogens with zero attached hydrogens (tertiary/aromatic N) is 1. The van der Waals surface area contributed by atoms with Crippen LogP contribution in [-0.2, 0) is 6.42 Å². The van der Waals surface area contributed by atoms with E-state index in [1.807, 2.05) is 25.1 Å². The van der Waals surface area contributed by atoms with Crippen LogP contribution >= 0.6 is 23.2 Å². The number of pyridine rings is 1. The molecule has 0 fully saturated rings. The van der Waals surface area contributed by atoms with Crippen molar-refractivity contribution in [3.8, 4) is 0 Å². The van der Waals surface area contributed by atoms with E-state index in [-0.39, 0.29) is 0 Å². The summed E-state index contributed by atoms with van der Waals surface area (Å²) in [6.45, 7) is 1.97. The molecule has 2 nitrogen and oxygen atoms in total. The van der Waals surface area contributed by atoms with Crippen molar-refractivity contribution in [3.63, 3.8) is 0 Å². The minimum absolute atomic E-state index is 0.423. The van der Waals surface area contributed by atoms with Gasteiger partial charge in [0, 0.05) is 22.7 Å². The maximum atomic E-state index is 10.1. The van der Waals surface area contributed by atoms with Gasteiger partial charge in [-0.15, -0.1) is 0 Å². The zero-order valence-electron chi connectivity index (χ0n) is 9.90. The normalized spacial score (nSPS) is 12.4. The van der Waals surface area contributed by atoms with Gasteiger partial charge in [0.1, 0.15) is 6.10 Å².